The molecule has 0 spiro atoms. The third-order valence-corrected chi connectivity index (χ3v) is 2.15. The fourth-order valence-electron chi connectivity index (χ4n) is 1.06. The molecule has 0 heterocycles. The van der Waals surface area contributed by atoms with Crippen LogP contribution in [0.25, 0.3) is 0 Å². The molecule has 0 N–H and O–H groups in total. The molecule has 0 atom stereocenters. The lowest BCUT2D eigenvalue weighted by molar-refractivity contribution is -0.140. The van der Waals surface area contributed by atoms with Crippen molar-refractivity contribution < 1.29 is 23.9 Å². The van der Waals surface area contributed by atoms with E-state index in [1.165, 1.54) is 19.1 Å². The molecule has 0 unspecified atom stereocenters. The molecular formula is C11H15NO5. The van der Waals surface area contributed by atoms with Crippen LogP contribution in [0.3, 0.4) is 0 Å². The zero-order chi connectivity index (χ0) is 13.3. The molecule has 0 aromatic rings. The largest absolute Gasteiger partial charge is 0.490 e. The van der Waals surface area contributed by atoms with Crippen LogP contribution in [-0.4, -0.2) is 50.6 Å². The molecule has 0 saturated carbocycles. The predicted molar refractivity (Wildman–Crippen MR) is 59.3 cm³/mol. The topological polar surface area (TPSA) is 72.9 Å². The summed E-state index contributed by atoms with van der Waals surface area (Å²) in [6.45, 7) is 0.347. The Morgan fingerprint density at radius 3 is 2.24 bits per heavy atom. The number of hydrogen-bond acceptors (Lipinski definition) is 6. The zero-order valence-corrected chi connectivity index (χ0v) is 10.1. The summed E-state index contributed by atoms with van der Waals surface area (Å²) < 4.78 is 9.18. The molecule has 0 bridgehead atoms. The van der Waals surface area contributed by atoms with E-state index in [0.717, 1.165) is 0 Å². The Kier molecular flexibility index (Phi) is 7.19. The standard InChI is InChI=1S/C11H15NO5/c1-12(5-4-10(8-14)16-2)9(7-13)6-11(15)17-3/h4-6H2,1-3H3. The number of ether oxygens (including phenoxy) is 2. The molecule has 0 aliphatic heterocycles. The molecule has 0 aromatic carbocycles. The summed E-state index contributed by atoms with van der Waals surface area (Å²) >= 11 is 0. The summed E-state index contributed by atoms with van der Waals surface area (Å²) in [6.07, 6.45) is 0.145. The first-order valence-corrected chi connectivity index (χ1v) is 4.88. The molecule has 0 rings (SSSR count). The third kappa shape index (κ3) is 5.56. The van der Waals surface area contributed by atoms with E-state index in [1.54, 1.807) is 18.9 Å². The van der Waals surface area contributed by atoms with Gasteiger partial charge in [0.15, 0.2) is 11.7 Å². The normalized spacial score (nSPS) is 8.65. The minimum Gasteiger partial charge on any atom is -0.490 e. The predicted octanol–water partition coefficient (Wildman–Crippen LogP) is -0.0512. The van der Waals surface area contributed by atoms with E-state index in [-0.39, 0.29) is 17.9 Å². The van der Waals surface area contributed by atoms with Crippen LogP contribution in [0, 0.1) is 0 Å². The molecule has 6 heteroatoms. The van der Waals surface area contributed by atoms with Gasteiger partial charge in [0.05, 0.1) is 20.6 Å². The van der Waals surface area contributed by atoms with Crippen LogP contribution in [0.5, 0.6) is 0 Å². The van der Waals surface area contributed by atoms with Gasteiger partial charge >= 0.3 is 5.97 Å². The highest BCUT2D eigenvalue weighted by Gasteiger charge is 2.12. The highest BCUT2D eigenvalue weighted by atomic mass is 16.5. The van der Waals surface area contributed by atoms with Crippen molar-refractivity contribution in [2.75, 3.05) is 27.8 Å². The molecule has 94 valence electrons. The maximum Gasteiger partial charge on any atom is 0.312 e. The summed E-state index contributed by atoms with van der Waals surface area (Å²) in [5, 5.41) is 0. The van der Waals surface area contributed by atoms with Gasteiger partial charge in [-0.25, -0.2) is 9.59 Å². The smallest absolute Gasteiger partial charge is 0.312 e. The molecule has 0 saturated heterocycles. The first-order valence-electron chi connectivity index (χ1n) is 4.88. The van der Waals surface area contributed by atoms with Crippen molar-refractivity contribution in [2.45, 2.75) is 12.8 Å². The van der Waals surface area contributed by atoms with Gasteiger partial charge in [-0.15, -0.1) is 0 Å². The minimum atomic E-state index is -0.520. The van der Waals surface area contributed by atoms with Crippen LogP contribution in [0.4, 0.5) is 0 Å². The van der Waals surface area contributed by atoms with Gasteiger partial charge in [-0.2, -0.15) is 0 Å². The van der Waals surface area contributed by atoms with Gasteiger partial charge in [0.25, 0.3) is 0 Å². The number of rotatable bonds is 7. The van der Waals surface area contributed by atoms with Gasteiger partial charge in [-0.1, -0.05) is 0 Å². The van der Waals surface area contributed by atoms with Gasteiger partial charge in [-0.3, -0.25) is 4.79 Å². The van der Waals surface area contributed by atoms with Crippen LogP contribution in [0.2, 0.25) is 0 Å². The van der Waals surface area contributed by atoms with Crippen molar-refractivity contribution in [2.24, 2.45) is 0 Å². The Labute approximate surface area is 99.5 Å². The summed E-state index contributed by atoms with van der Waals surface area (Å²) in [7, 11) is 4.22. The number of esters is 1. The monoisotopic (exact) mass is 241 g/mol. The second kappa shape index (κ2) is 8.16. The zero-order valence-electron chi connectivity index (χ0n) is 10.1. The molecule has 0 fully saturated rings. The van der Waals surface area contributed by atoms with Gasteiger partial charge in [0.2, 0.25) is 0 Å². The van der Waals surface area contributed by atoms with E-state index in [4.69, 9.17) is 4.74 Å². The molecule has 0 aliphatic rings. The molecule has 0 radical (unpaired) electrons. The Bertz CT molecular complexity index is 364. The number of nitrogens with zero attached hydrogens (tertiary/aromatic N) is 1. The number of carbonyl (C=O) groups is 1. The Hall–Kier alpha value is -2.03. The Morgan fingerprint density at radius 2 is 1.82 bits per heavy atom. The minimum absolute atomic E-state index is 0.149. The maximum absolute atomic E-state index is 11.0. The summed E-state index contributed by atoms with van der Waals surface area (Å²) in [5.41, 5.74) is 0.165. The number of carbonyl (C=O) groups excluding carboxylic acids is 3. The van der Waals surface area contributed by atoms with E-state index < -0.39 is 5.97 Å². The fourth-order valence-corrected chi connectivity index (χ4v) is 1.06. The quantitative estimate of drug-likeness (QED) is 0.353. The van der Waals surface area contributed by atoms with E-state index in [2.05, 4.69) is 4.74 Å². The molecular weight excluding hydrogens is 226 g/mol. The average Bonchev–Trinajstić information content (AvgIpc) is 2.36. The van der Waals surface area contributed by atoms with Crippen LogP contribution in [0.15, 0.2) is 11.5 Å². The van der Waals surface area contributed by atoms with Crippen LogP contribution < -0.4 is 0 Å². The van der Waals surface area contributed by atoms with E-state index in [1.807, 2.05) is 0 Å². The second-order valence-corrected chi connectivity index (χ2v) is 3.20. The number of methoxy groups -OCH3 is 2. The maximum atomic E-state index is 11.0. The first-order chi connectivity index (χ1) is 8.08. The lowest BCUT2D eigenvalue weighted by Crippen LogP contribution is -2.22. The second-order valence-electron chi connectivity index (χ2n) is 3.20. The number of hydrogen-bond donors (Lipinski definition) is 0. The van der Waals surface area contributed by atoms with Gasteiger partial charge in [0.1, 0.15) is 11.6 Å². The van der Waals surface area contributed by atoms with Crippen LogP contribution in [-0.2, 0) is 23.9 Å². The molecule has 0 aromatic heterocycles. The summed E-state index contributed by atoms with van der Waals surface area (Å²) in [4.78, 5) is 33.5. The Morgan fingerprint density at radius 1 is 1.18 bits per heavy atom. The Balaban J connectivity index is 4.38. The van der Waals surface area contributed by atoms with Crippen molar-refractivity contribution in [1.82, 2.24) is 4.90 Å². The lowest BCUT2D eigenvalue weighted by atomic mass is 10.2. The first kappa shape index (κ1) is 15.0. The lowest BCUT2D eigenvalue weighted by Gasteiger charge is -2.18. The van der Waals surface area contributed by atoms with Crippen LogP contribution in [0.1, 0.15) is 12.8 Å². The third-order valence-electron chi connectivity index (χ3n) is 2.15. The summed E-state index contributed by atoms with van der Waals surface area (Å²) in [6, 6.07) is 0. The molecule has 0 aliphatic carbocycles. The SMILES string of the molecule is COC(=O)CC(=C=O)N(C)CCC(=C=O)OC. The summed E-state index contributed by atoms with van der Waals surface area (Å²) in [5.74, 6) is 2.94. The highest BCUT2D eigenvalue weighted by Crippen LogP contribution is 2.07. The van der Waals surface area contributed by atoms with E-state index in [9.17, 15) is 14.4 Å². The van der Waals surface area contributed by atoms with Gasteiger partial charge in [0, 0.05) is 20.0 Å². The molecule has 6 nitrogen and oxygen atoms in total. The fraction of sp³-hybridized carbons (Fsp3) is 0.545. The van der Waals surface area contributed by atoms with Gasteiger partial charge in [-0.05, 0) is 0 Å². The molecule has 17 heavy (non-hydrogen) atoms. The van der Waals surface area contributed by atoms with Crippen molar-refractivity contribution in [3.63, 3.8) is 0 Å². The highest BCUT2D eigenvalue weighted by molar-refractivity contribution is 5.75. The van der Waals surface area contributed by atoms with Crippen LogP contribution >= 0.6 is 0 Å². The van der Waals surface area contributed by atoms with Crippen molar-refractivity contribution in [1.29, 1.82) is 0 Å². The average molecular weight is 241 g/mol. The van der Waals surface area contributed by atoms with E-state index in [0.29, 0.717) is 13.0 Å². The van der Waals surface area contributed by atoms with Crippen molar-refractivity contribution >= 4 is 17.9 Å². The van der Waals surface area contributed by atoms with Crippen molar-refractivity contribution in [3.05, 3.63) is 11.5 Å². The van der Waals surface area contributed by atoms with Gasteiger partial charge < -0.3 is 14.4 Å². The van der Waals surface area contributed by atoms with E-state index >= 15 is 0 Å². The molecule has 0 amide bonds. The van der Waals surface area contributed by atoms with Crippen molar-refractivity contribution in [3.8, 4) is 0 Å².